The summed E-state index contributed by atoms with van der Waals surface area (Å²) in [6.07, 6.45) is 1.60. The van der Waals surface area contributed by atoms with E-state index in [1.54, 1.807) is 22.1 Å². The Balaban J connectivity index is 2.12. The van der Waals surface area contributed by atoms with Crippen LogP contribution >= 0.6 is 0 Å². The fourth-order valence-corrected chi connectivity index (χ4v) is 2.64. The van der Waals surface area contributed by atoms with Crippen molar-refractivity contribution in [2.75, 3.05) is 13.1 Å². The maximum Gasteiger partial charge on any atom is 0.242 e. The molecule has 5 nitrogen and oxygen atoms in total. The second kappa shape index (κ2) is 9.06. The minimum Gasteiger partial charge on any atom is -0.467 e. The van der Waals surface area contributed by atoms with Gasteiger partial charge in [0.1, 0.15) is 5.76 Å². The van der Waals surface area contributed by atoms with Gasteiger partial charge in [0.05, 0.1) is 19.4 Å². The van der Waals surface area contributed by atoms with Gasteiger partial charge in [0.25, 0.3) is 0 Å². The molecule has 0 N–H and O–H groups in total. The molecule has 0 fully saturated rings. The van der Waals surface area contributed by atoms with Gasteiger partial charge in [0.15, 0.2) is 0 Å². The number of nitrogens with zero attached hydrogens (tertiary/aromatic N) is 2. The van der Waals surface area contributed by atoms with Gasteiger partial charge in [0, 0.05) is 20.0 Å². The molecule has 0 aliphatic heterocycles. The van der Waals surface area contributed by atoms with Crippen LogP contribution in [0.4, 0.5) is 0 Å². The molecule has 2 amide bonds. The first-order valence-corrected chi connectivity index (χ1v) is 8.55. The highest BCUT2D eigenvalue weighted by atomic mass is 16.3. The van der Waals surface area contributed by atoms with Gasteiger partial charge in [-0.3, -0.25) is 9.59 Å². The molecular weight excluding hydrogens is 316 g/mol. The fraction of sp³-hybridized carbons (Fsp3) is 0.400. The van der Waals surface area contributed by atoms with Gasteiger partial charge in [-0.15, -0.1) is 0 Å². The molecule has 0 saturated heterocycles. The lowest BCUT2D eigenvalue weighted by Gasteiger charge is -2.27. The summed E-state index contributed by atoms with van der Waals surface area (Å²) in [5.41, 5.74) is 1.04. The average Bonchev–Trinajstić information content (AvgIpc) is 3.07. The molecule has 0 radical (unpaired) electrons. The highest BCUT2D eigenvalue weighted by Crippen LogP contribution is 2.12. The van der Waals surface area contributed by atoms with E-state index in [0.717, 1.165) is 11.3 Å². The van der Waals surface area contributed by atoms with E-state index in [2.05, 4.69) is 0 Å². The zero-order chi connectivity index (χ0) is 18.2. The van der Waals surface area contributed by atoms with Crippen molar-refractivity contribution < 1.29 is 14.0 Å². The van der Waals surface area contributed by atoms with Crippen LogP contribution in [0.25, 0.3) is 0 Å². The van der Waals surface area contributed by atoms with Crippen LogP contribution in [0, 0.1) is 5.92 Å². The Labute approximate surface area is 149 Å². The minimum absolute atomic E-state index is 0.0836. The summed E-state index contributed by atoms with van der Waals surface area (Å²) >= 11 is 0. The van der Waals surface area contributed by atoms with Gasteiger partial charge in [-0.1, -0.05) is 44.2 Å². The quantitative estimate of drug-likeness (QED) is 0.739. The molecule has 0 saturated carbocycles. The summed E-state index contributed by atoms with van der Waals surface area (Å²) in [5, 5.41) is 0. The Hall–Kier alpha value is -2.56. The van der Waals surface area contributed by atoms with Crippen molar-refractivity contribution in [1.29, 1.82) is 0 Å². The number of hydrogen-bond donors (Lipinski definition) is 0. The van der Waals surface area contributed by atoms with Crippen LogP contribution < -0.4 is 0 Å². The van der Waals surface area contributed by atoms with E-state index >= 15 is 0 Å². The lowest BCUT2D eigenvalue weighted by Crippen LogP contribution is -2.43. The molecule has 134 valence electrons. The molecule has 2 aromatic rings. The Kier molecular flexibility index (Phi) is 6.81. The zero-order valence-corrected chi connectivity index (χ0v) is 15.1. The monoisotopic (exact) mass is 342 g/mol. The van der Waals surface area contributed by atoms with Gasteiger partial charge in [-0.2, -0.15) is 0 Å². The molecule has 1 heterocycles. The minimum atomic E-state index is -0.0869. The fourth-order valence-electron chi connectivity index (χ4n) is 2.64. The first-order chi connectivity index (χ1) is 12.0. The van der Waals surface area contributed by atoms with Crippen LogP contribution in [0.2, 0.25) is 0 Å². The molecule has 0 aliphatic carbocycles. The van der Waals surface area contributed by atoms with Gasteiger partial charge >= 0.3 is 0 Å². The van der Waals surface area contributed by atoms with E-state index in [4.69, 9.17) is 4.42 Å². The summed E-state index contributed by atoms with van der Waals surface area (Å²) in [5.74, 6) is 0.864. The van der Waals surface area contributed by atoms with E-state index in [-0.39, 0.29) is 18.4 Å². The first kappa shape index (κ1) is 18.8. The van der Waals surface area contributed by atoms with E-state index in [0.29, 0.717) is 25.6 Å². The Morgan fingerprint density at radius 2 is 1.72 bits per heavy atom. The molecule has 2 rings (SSSR count). The van der Waals surface area contributed by atoms with E-state index in [9.17, 15) is 9.59 Å². The number of hydrogen-bond acceptors (Lipinski definition) is 3. The SMILES string of the molecule is CC(=O)N(CC(=O)N(Cc1ccccc1)Cc1ccco1)CC(C)C. The lowest BCUT2D eigenvalue weighted by atomic mass is 10.2. The second-order valence-electron chi connectivity index (χ2n) is 6.61. The number of benzene rings is 1. The number of rotatable bonds is 8. The van der Waals surface area contributed by atoms with Crippen LogP contribution in [-0.2, 0) is 22.7 Å². The average molecular weight is 342 g/mol. The largest absolute Gasteiger partial charge is 0.467 e. The molecule has 0 bridgehead atoms. The number of furan rings is 1. The Bertz CT molecular complexity index is 666. The summed E-state index contributed by atoms with van der Waals surface area (Å²) < 4.78 is 5.39. The summed E-state index contributed by atoms with van der Waals surface area (Å²) in [6.45, 7) is 7.09. The summed E-state index contributed by atoms with van der Waals surface area (Å²) in [4.78, 5) is 28.0. The predicted octanol–water partition coefficient (Wildman–Crippen LogP) is 3.31. The standard InChI is InChI=1S/C20H26N2O3/c1-16(2)12-21(17(3)23)15-20(24)22(14-19-10-7-11-25-19)13-18-8-5-4-6-9-18/h4-11,16H,12-15H2,1-3H3. The van der Waals surface area contributed by atoms with Crippen LogP contribution in [0.5, 0.6) is 0 Å². The van der Waals surface area contributed by atoms with Crippen molar-refractivity contribution in [3.8, 4) is 0 Å². The third-order valence-electron chi connectivity index (χ3n) is 3.85. The Morgan fingerprint density at radius 3 is 2.28 bits per heavy atom. The number of amides is 2. The zero-order valence-electron chi connectivity index (χ0n) is 15.1. The van der Waals surface area contributed by atoms with Gasteiger partial charge in [0.2, 0.25) is 11.8 Å². The van der Waals surface area contributed by atoms with Crippen molar-refractivity contribution >= 4 is 11.8 Å². The summed E-state index contributed by atoms with van der Waals surface area (Å²) in [7, 11) is 0. The topological polar surface area (TPSA) is 53.8 Å². The van der Waals surface area contributed by atoms with Crippen LogP contribution in [0.15, 0.2) is 53.1 Å². The van der Waals surface area contributed by atoms with E-state index < -0.39 is 0 Å². The van der Waals surface area contributed by atoms with Gasteiger partial charge in [-0.25, -0.2) is 0 Å². The van der Waals surface area contributed by atoms with Crippen LogP contribution in [0.1, 0.15) is 32.1 Å². The second-order valence-corrected chi connectivity index (χ2v) is 6.61. The molecule has 0 spiro atoms. The maximum absolute atomic E-state index is 12.9. The summed E-state index contributed by atoms with van der Waals surface area (Å²) in [6, 6.07) is 13.5. The molecule has 5 heteroatoms. The van der Waals surface area contributed by atoms with Gasteiger partial charge in [-0.05, 0) is 23.6 Å². The van der Waals surface area contributed by atoms with E-state index in [1.165, 1.54) is 6.92 Å². The molecule has 0 unspecified atom stereocenters. The molecule has 25 heavy (non-hydrogen) atoms. The van der Waals surface area contributed by atoms with Crippen molar-refractivity contribution in [2.45, 2.75) is 33.9 Å². The van der Waals surface area contributed by atoms with Crippen molar-refractivity contribution in [3.63, 3.8) is 0 Å². The lowest BCUT2D eigenvalue weighted by molar-refractivity contribution is -0.140. The number of carbonyl (C=O) groups is 2. The van der Waals surface area contributed by atoms with Crippen molar-refractivity contribution in [2.24, 2.45) is 5.92 Å². The molecular formula is C20H26N2O3. The van der Waals surface area contributed by atoms with Crippen molar-refractivity contribution in [3.05, 3.63) is 60.1 Å². The molecule has 1 aromatic carbocycles. The predicted molar refractivity (Wildman–Crippen MR) is 96.5 cm³/mol. The van der Waals surface area contributed by atoms with Crippen LogP contribution in [0.3, 0.4) is 0 Å². The van der Waals surface area contributed by atoms with Crippen molar-refractivity contribution in [1.82, 2.24) is 9.80 Å². The first-order valence-electron chi connectivity index (χ1n) is 8.55. The highest BCUT2D eigenvalue weighted by molar-refractivity contribution is 5.83. The van der Waals surface area contributed by atoms with Crippen LogP contribution in [-0.4, -0.2) is 34.7 Å². The molecule has 0 atom stereocenters. The van der Waals surface area contributed by atoms with Gasteiger partial charge < -0.3 is 14.2 Å². The number of carbonyl (C=O) groups excluding carboxylic acids is 2. The molecule has 0 aliphatic rings. The third-order valence-corrected chi connectivity index (χ3v) is 3.85. The maximum atomic E-state index is 12.9. The smallest absolute Gasteiger partial charge is 0.242 e. The molecule has 1 aromatic heterocycles. The Morgan fingerprint density at radius 1 is 1.00 bits per heavy atom. The third kappa shape index (κ3) is 6.10. The van der Waals surface area contributed by atoms with E-state index in [1.807, 2.05) is 50.2 Å². The highest BCUT2D eigenvalue weighted by Gasteiger charge is 2.21. The normalized spacial score (nSPS) is 10.7.